The van der Waals surface area contributed by atoms with E-state index in [2.05, 4.69) is 14.1 Å². The highest BCUT2D eigenvalue weighted by atomic mass is 35.5. The Morgan fingerprint density at radius 2 is 2.00 bits per heavy atom. The first kappa shape index (κ1) is 20.3. The van der Waals surface area contributed by atoms with Crippen LogP contribution in [-0.2, 0) is 9.53 Å². The van der Waals surface area contributed by atoms with Crippen molar-refractivity contribution in [1.82, 2.24) is 0 Å². The van der Waals surface area contributed by atoms with Gasteiger partial charge >= 0.3 is 5.97 Å². The number of halogens is 2. The van der Waals surface area contributed by atoms with E-state index < -0.39 is 0 Å². The van der Waals surface area contributed by atoms with Crippen molar-refractivity contribution >= 4 is 29.2 Å². The summed E-state index contributed by atoms with van der Waals surface area (Å²) in [5.41, 5.74) is 0. The first-order valence-corrected chi connectivity index (χ1v) is 9.77. The normalized spacial score (nSPS) is 20.5. The molecule has 0 spiro atoms. The van der Waals surface area contributed by atoms with E-state index in [1.54, 1.807) is 18.2 Å². The number of hydrogen-bond acceptors (Lipinski definition) is 3. The molecule has 1 aliphatic rings. The van der Waals surface area contributed by atoms with Crippen LogP contribution in [0.4, 0.5) is 0 Å². The maximum absolute atomic E-state index is 12.1. The fraction of sp³-hybridized carbons (Fsp3) is 0.632. The summed E-state index contributed by atoms with van der Waals surface area (Å²) in [5.74, 6) is 0.934. The number of carbonyl (C=O) groups is 1. The zero-order chi connectivity index (χ0) is 18.2. The molecule has 4 nitrogen and oxygen atoms in total. The van der Waals surface area contributed by atoms with E-state index in [-0.39, 0.29) is 12.1 Å². The highest BCUT2D eigenvalue weighted by molar-refractivity contribution is 6.35. The second kappa shape index (κ2) is 10.2. The highest BCUT2D eigenvalue weighted by Crippen LogP contribution is 2.28. The molecule has 6 heteroatoms. The lowest BCUT2D eigenvalue weighted by molar-refractivity contribution is -0.862. The van der Waals surface area contributed by atoms with E-state index in [0.29, 0.717) is 41.2 Å². The fourth-order valence-electron chi connectivity index (χ4n) is 3.31. The molecule has 2 atom stereocenters. The Hall–Kier alpha value is -0.970. The molecular weight excluding hydrogens is 361 g/mol. The third-order valence-corrected chi connectivity index (χ3v) is 5.00. The number of quaternary nitrogens is 1. The van der Waals surface area contributed by atoms with Crippen LogP contribution < -0.4 is 9.64 Å². The standard InChI is InChI=1S/C19H27Cl2NO3/c1-22(2)13-14-6-3-4-7-17(14)25-19(23)8-5-11-24-18-10-9-15(20)12-16(18)21/h9-10,12,14,17H,3-8,11,13H2,1-2H3/p+1/t14-,17-/m1/s1. The van der Waals surface area contributed by atoms with Crippen LogP contribution in [0.15, 0.2) is 18.2 Å². The zero-order valence-corrected chi connectivity index (χ0v) is 16.5. The minimum atomic E-state index is -0.128. The molecule has 1 aromatic rings. The number of benzene rings is 1. The average molecular weight is 389 g/mol. The third-order valence-electron chi connectivity index (χ3n) is 4.47. The van der Waals surface area contributed by atoms with Crippen molar-refractivity contribution in [3.63, 3.8) is 0 Å². The molecule has 0 bridgehead atoms. The van der Waals surface area contributed by atoms with Gasteiger partial charge in [0.15, 0.2) is 0 Å². The van der Waals surface area contributed by atoms with Gasteiger partial charge in [-0.25, -0.2) is 0 Å². The molecule has 140 valence electrons. The van der Waals surface area contributed by atoms with E-state index in [1.807, 2.05) is 0 Å². The predicted octanol–water partition coefficient (Wildman–Crippen LogP) is 3.40. The average Bonchev–Trinajstić information content (AvgIpc) is 2.54. The molecule has 1 aromatic carbocycles. The Kier molecular flexibility index (Phi) is 8.34. The maximum Gasteiger partial charge on any atom is 0.306 e. The number of esters is 1. The van der Waals surface area contributed by atoms with E-state index in [4.69, 9.17) is 32.7 Å². The van der Waals surface area contributed by atoms with Gasteiger partial charge in [0.2, 0.25) is 0 Å². The van der Waals surface area contributed by atoms with Gasteiger partial charge in [-0.2, -0.15) is 0 Å². The summed E-state index contributed by atoms with van der Waals surface area (Å²) in [6, 6.07) is 5.11. The van der Waals surface area contributed by atoms with Gasteiger partial charge < -0.3 is 14.4 Å². The van der Waals surface area contributed by atoms with Crippen molar-refractivity contribution in [3.8, 4) is 5.75 Å². The lowest BCUT2D eigenvalue weighted by atomic mass is 9.86. The van der Waals surface area contributed by atoms with Crippen LogP contribution in [0.2, 0.25) is 10.0 Å². The SMILES string of the molecule is C[NH+](C)C[C@H]1CCCC[C@H]1OC(=O)CCCOc1ccc(Cl)cc1Cl. The molecule has 0 saturated heterocycles. The number of ether oxygens (including phenoxy) is 2. The van der Waals surface area contributed by atoms with Crippen LogP contribution in [0.3, 0.4) is 0 Å². The van der Waals surface area contributed by atoms with Crippen LogP contribution >= 0.6 is 23.2 Å². The molecule has 0 aromatic heterocycles. The van der Waals surface area contributed by atoms with Crippen molar-refractivity contribution in [2.75, 3.05) is 27.2 Å². The molecule has 2 rings (SSSR count). The van der Waals surface area contributed by atoms with Crippen molar-refractivity contribution in [2.24, 2.45) is 5.92 Å². The summed E-state index contributed by atoms with van der Waals surface area (Å²) < 4.78 is 11.3. The molecule has 0 amide bonds. The van der Waals surface area contributed by atoms with Crippen molar-refractivity contribution < 1.29 is 19.2 Å². The highest BCUT2D eigenvalue weighted by Gasteiger charge is 2.30. The Labute approximate surface area is 160 Å². The van der Waals surface area contributed by atoms with E-state index in [0.717, 1.165) is 25.8 Å². The largest absolute Gasteiger partial charge is 0.492 e. The smallest absolute Gasteiger partial charge is 0.306 e. The molecule has 0 aliphatic heterocycles. The predicted molar refractivity (Wildman–Crippen MR) is 101 cm³/mol. The molecule has 0 radical (unpaired) electrons. The van der Waals surface area contributed by atoms with Crippen LogP contribution in [0.5, 0.6) is 5.75 Å². The molecular formula is C19H28Cl2NO3+. The van der Waals surface area contributed by atoms with Gasteiger partial charge in [0.05, 0.1) is 32.3 Å². The lowest BCUT2D eigenvalue weighted by Gasteiger charge is -2.31. The van der Waals surface area contributed by atoms with E-state index in [1.165, 1.54) is 11.3 Å². The van der Waals surface area contributed by atoms with Gasteiger partial charge in [0.1, 0.15) is 11.9 Å². The summed E-state index contributed by atoms with van der Waals surface area (Å²) in [6.45, 7) is 1.47. The fourth-order valence-corrected chi connectivity index (χ4v) is 3.77. The topological polar surface area (TPSA) is 40.0 Å². The van der Waals surface area contributed by atoms with Crippen LogP contribution in [0.25, 0.3) is 0 Å². The number of hydrogen-bond donors (Lipinski definition) is 1. The molecule has 1 aliphatic carbocycles. The number of rotatable bonds is 8. The van der Waals surface area contributed by atoms with Gasteiger partial charge in [-0.05, 0) is 43.9 Å². The minimum absolute atomic E-state index is 0.0720. The molecule has 0 heterocycles. The lowest BCUT2D eigenvalue weighted by Crippen LogP contribution is -3.06. The molecule has 0 unspecified atom stereocenters. The summed E-state index contributed by atoms with van der Waals surface area (Å²) in [4.78, 5) is 13.5. The molecule has 1 N–H and O–H groups in total. The summed E-state index contributed by atoms with van der Waals surface area (Å²) >= 11 is 11.9. The van der Waals surface area contributed by atoms with Gasteiger partial charge in [0, 0.05) is 17.4 Å². The summed E-state index contributed by atoms with van der Waals surface area (Å²) in [6.07, 6.45) is 5.57. The van der Waals surface area contributed by atoms with Crippen LogP contribution in [0.1, 0.15) is 38.5 Å². The van der Waals surface area contributed by atoms with Crippen LogP contribution in [0, 0.1) is 5.92 Å². The Morgan fingerprint density at radius 1 is 1.24 bits per heavy atom. The van der Waals surface area contributed by atoms with Gasteiger partial charge in [-0.1, -0.05) is 29.6 Å². The van der Waals surface area contributed by atoms with Crippen molar-refractivity contribution in [2.45, 2.75) is 44.6 Å². The van der Waals surface area contributed by atoms with E-state index in [9.17, 15) is 4.79 Å². The molecule has 1 fully saturated rings. The van der Waals surface area contributed by atoms with E-state index >= 15 is 0 Å². The Balaban J connectivity index is 1.70. The summed E-state index contributed by atoms with van der Waals surface area (Å²) in [5, 5.41) is 1.05. The first-order valence-electron chi connectivity index (χ1n) is 9.02. The number of carbonyl (C=O) groups excluding carboxylic acids is 1. The van der Waals surface area contributed by atoms with Gasteiger partial charge in [-0.3, -0.25) is 4.79 Å². The van der Waals surface area contributed by atoms with Crippen LogP contribution in [-0.4, -0.2) is 39.3 Å². The van der Waals surface area contributed by atoms with Gasteiger partial charge in [0.25, 0.3) is 0 Å². The quantitative estimate of drug-likeness (QED) is 0.547. The van der Waals surface area contributed by atoms with Crippen molar-refractivity contribution in [1.29, 1.82) is 0 Å². The maximum atomic E-state index is 12.1. The second-order valence-corrected chi connectivity index (χ2v) is 7.85. The Bertz CT molecular complexity index is 566. The zero-order valence-electron chi connectivity index (χ0n) is 15.0. The van der Waals surface area contributed by atoms with Crippen molar-refractivity contribution in [3.05, 3.63) is 28.2 Å². The third kappa shape index (κ3) is 7.04. The second-order valence-electron chi connectivity index (χ2n) is 7.01. The Morgan fingerprint density at radius 3 is 2.72 bits per heavy atom. The van der Waals surface area contributed by atoms with Gasteiger partial charge in [-0.15, -0.1) is 0 Å². The first-order chi connectivity index (χ1) is 12.0. The molecule has 1 saturated carbocycles. The molecule has 25 heavy (non-hydrogen) atoms. The monoisotopic (exact) mass is 388 g/mol. The number of nitrogens with one attached hydrogen (secondary N) is 1. The minimum Gasteiger partial charge on any atom is -0.492 e. The summed E-state index contributed by atoms with van der Waals surface area (Å²) in [7, 11) is 4.29.